The zero-order valence-electron chi connectivity index (χ0n) is 19.0. The van der Waals surface area contributed by atoms with E-state index in [1.54, 1.807) is 57.5 Å². The van der Waals surface area contributed by atoms with Crippen molar-refractivity contribution in [3.63, 3.8) is 0 Å². The van der Waals surface area contributed by atoms with Gasteiger partial charge in [0.25, 0.3) is 0 Å². The van der Waals surface area contributed by atoms with Crippen LogP contribution in [0.2, 0.25) is 5.02 Å². The number of carbonyl (C=O) groups is 2. The molecule has 0 bridgehead atoms. The Morgan fingerprint density at radius 2 is 2.00 bits per heavy atom. The average molecular weight is 514 g/mol. The van der Waals surface area contributed by atoms with Crippen molar-refractivity contribution in [3.8, 4) is 5.75 Å². The van der Waals surface area contributed by atoms with E-state index in [4.69, 9.17) is 16.3 Å². The van der Waals surface area contributed by atoms with Crippen LogP contribution in [0.1, 0.15) is 29.3 Å². The lowest BCUT2D eigenvalue weighted by Gasteiger charge is -2.37. The maximum Gasteiger partial charge on any atom is 0.322 e. The zero-order valence-corrected chi connectivity index (χ0v) is 20.5. The van der Waals surface area contributed by atoms with Gasteiger partial charge in [-0.2, -0.15) is 0 Å². The molecule has 3 aromatic rings. The highest BCUT2D eigenvalue weighted by molar-refractivity contribution is 7.10. The van der Waals surface area contributed by atoms with Crippen molar-refractivity contribution in [2.45, 2.75) is 31.3 Å². The summed E-state index contributed by atoms with van der Waals surface area (Å²) >= 11 is 7.71. The summed E-state index contributed by atoms with van der Waals surface area (Å²) in [4.78, 5) is 31.2. The van der Waals surface area contributed by atoms with Gasteiger partial charge in [-0.15, -0.1) is 11.3 Å². The lowest BCUT2D eigenvalue weighted by molar-refractivity contribution is -0.135. The number of fused-ring (bicyclic) bond motifs is 1. The third-order valence-corrected chi connectivity index (χ3v) is 7.48. The van der Waals surface area contributed by atoms with Gasteiger partial charge in [-0.25, -0.2) is 9.18 Å². The monoisotopic (exact) mass is 513 g/mol. The Morgan fingerprint density at radius 1 is 1.17 bits per heavy atom. The van der Waals surface area contributed by atoms with Crippen molar-refractivity contribution >= 4 is 40.6 Å². The third kappa shape index (κ3) is 5.60. The molecular weight excluding hydrogens is 489 g/mol. The second kappa shape index (κ2) is 10.3. The number of rotatable bonds is 7. The molecule has 5 rings (SSSR count). The molecule has 0 saturated heterocycles. The lowest BCUT2D eigenvalue weighted by Crippen LogP contribution is -2.49. The van der Waals surface area contributed by atoms with Crippen molar-refractivity contribution in [3.05, 3.63) is 81.3 Å². The first-order valence-electron chi connectivity index (χ1n) is 11.6. The van der Waals surface area contributed by atoms with Gasteiger partial charge in [-0.3, -0.25) is 4.79 Å². The van der Waals surface area contributed by atoms with E-state index in [-0.39, 0.29) is 43.0 Å². The molecular formula is C26H25ClFN3O3S. The number of nitrogens with zero attached hydrogens (tertiary/aromatic N) is 2. The Balaban J connectivity index is 1.30. The molecule has 3 amide bonds. The average Bonchev–Trinajstić information content (AvgIpc) is 3.56. The molecule has 1 fully saturated rings. The summed E-state index contributed by atoms with van der Waals surface area (Å²) in [5.41, 5.74) is 1.63. The Labute approximate surface area is 212 Å². The lowest BCUT2D eigenvalue weighted by atomic mass is 10.0. The first-order valence-corrected chi connectivity index (χ1v) is 12.8. The van der Waals surface area contributed by atoms with Gasteiger partial charge < -0.3 is 19.9 Å². The van der Waals surface area contributed by atoms with Crippen LogP contribution >= 0.6 is 22.9 Å². The molecule has 2 aromatic carbocycles. The van der Waals surface area contributed by atoms with Crippen LogP contribution in [0.5, 0.6) is 5.75 Å². The van der Waals surface area contributed by atoms with Crippen LogP contribution in [0.25, 0.3) is 0 Å². The minimum atomic E-state index is -0.374. The Morgan fingerprint density at radius 3 is 2.77 bits per heavy atom. The minimum absolute atomic E-state index is 0.0208. The number of nitrogens with one attached hydrogen (secondary N) is 1. The van der Waals surface area contributed by atoms with Gasteiger partial charge in [-0.1, -0.05) is 23.7 Å². The Bertz CT molecular complexity index is 1230. The van der Waals surface area contributed by atoms with Crippen LogP contribution in [-0.4, -0.2) is 47.5 Å². The molecule has 1 aliphatic heterocycles. The summed E-state index contributed by atoms with van der Waals surface area (Å²) in [6.45, 7) is 0.724. The molecule has 1 atom stereocenters. The number of carbonyl (C=O) groups excluding carboxylic acids is 2. The number of halogens is 2. The normalized spacial score (nSPS) is 17.0. The first kappa shape index (κ1) is 23.6. The maximum atomic E-state index is 13.6. The largest absolute Gasteiger partial charge is 0.491 e. The van der Waals surface area contributed by atoms with E-state index < -0.39 is 0 Å². The minimum Gasteiger partial charge on any atom is -0.491 e. The number of urea groups is 1. The molecule has 1 aliphatic carbocycles. The third-order valence-electron chi connectivity index (χ3n) is 6.25. The summed E-state index contributed by atoms with van der Waals surface area (Å²) in [6, 6.07) is 14.4. The van der Waals surface area contributed by atoms with Gasteiger partial charge in [0.05, 0.1) is 6.04 Å². The van der Waals surface area contributed by atoms with Gasteiger partial charge >= 0.3 is 6.03 Å². The van der Waals surface area contributed by atoms with Gasteiger partial charge in [-0.05, 0) is 66.6 Å². The zero-order chi connectivity index (χ0) is 24.4. The number of anilines is 1. The predicted octanol–water partition coefficient (Wildman–Crippen LogP) is 5.74. The topological polar surface area (TPSA) is 61.9 Å². The van der Waals surface area contributed by atoms with E-state index >= 15 is 0 Å². The van der Waals surface area contributed by atoms with Crippen molar-refractivity contribution in [2.24, 2.45) is 0 Å². The van der Waals surface area contributed by atoms with Crippen LogP contribution in [0.3, 0.4) is 0 Å². The van der Waals surface area contributed by atoms with Crippen molar-refractivity contribution < 1.29 is 18.7 Å². The number of hydrogen-bond acceptors (Lipinski definition) is 4. The summed E-state index contributed by atoms with van der Waals surface area (Å²) in [7, 11) is 0. The van der Waals surface area contributed by atoms with Gasteiger partial charge in [0.2, 0.25) is 5.91 Å². The molecule has 9 heteroatoms. The fourth-order valence-corrected chi connectivity index (χ4v) is 5.48. The Hall–Kier alpha value is -3.10. The van der Waals surface area contributed by atoms with E-state index in [1.165, 1.54) is 17.0 Å². The van der Waals surface area contributed by atoms with Gasteiger partial charge in [0, 0.05) is 34.2 Å². The molecule has 2 heterocycles. The smallest absolute Gasteiger partial charge is 0.322 e. The molecule has 1 aromatic heterocycles. The van der Waals surface area contributed by atoms with Crippen LogP contribution in [0, 0.1) is 5.82 Å². The van der Waals surface area contributed by atoms with Crippen molar-refractivity contribution in [1.82, 2.24) is 9.80 Å². The fraction of sp³-hybridized carbons (Fsp3) is 0.308. The van der Waals surface area contributed by atoms with Gasteiger partial charge in [0.1, 0.15) is 24.7 Å². The molecule has 35 heavy (non-hydrogen) atoms. The van der Waals surface area contributed by atoms with E-state index in [2.05, 4.69) is 5.32 Å². The quantitative estimate of drug-likeness (QED) is 0.438. The number of hydrogen-bond donors (Lipinski definition) is 1. The highest BCUT2D eigenvalue weighted by atomic mass is 35.5. The standard InChI is InChI=1S/C26H25ClFN3O3S/c27-17-3-1-5-19(13-17)29-26(33)31(20-7-8-20)15-25(32)30-11-9-24-22(10-12-35-24)23(30)16-34-21-6-2-4-18(28)14-21/h1-6,10,12-14,20,23H,7-9,11,15-16H2,(H,29,33). The predicted molar refractivity (Wildman–Crippen MR) is 135 cm³/mol. The molecule has 2 aliphatic rings. The number of thiophene rings is 1. The van der Waals surface area contributed by atoms with E-state index in [1.807, 2.05) is 11.4 Å². The van der Waals surface area contributed by atoms with Crippen LogP contribution in [0.4, 0.5) is 14.9 Å². The van der Waals surface area contributed by atoms with E-state index in [0.29, 0.717) is 23.0 Å². The molecule has 1 unspecified atom stereocenters. The summed E-state index contributed by atoms with van der Waals surface area (Å²) < 4.78 is 19.5. The van der Waals surface area contributed by atoms with Gasteiger partial charge in [0.15, 0.2) is 0 Å². The van der Waals surface area contributed by atoms with Crippen LogP contribution < -0.4 is 10.1 Å². The van der Waals surface area contributed by atoms with Crippen LogP contribution in [0.15, 0.2) is 60.0 Å². The van der Waals surface area contributed by atoms with Crippen LogP contribution in [-0.2, 0) is 11.2 Å². The Kier molecular flexibility index (Phi) is 6.92. The van der Waals surface area contributed by atoms with E-state index in [9.17, 15) is 14.0 Å². The molecule has 182 valence electrons. The molecule has 0 radical (unpaired) electrons. The number of benzene rings is 2. The van der Waals surface area contributed by atoms with Crippen molar-refractivity contribution in [2.75, 3.05) is 25.0 Å². The maximum absolute atomic E-state index is 13.6. The highest BCUT2D eigenvalue weighted by Crippen LogP contribution is 2.35. The molecule has 6 nitrogen and oxygen atoms in total. The molecule has 1 N–H and O–H groups in total. The number of ether oxygens (including phenoxy) is 1. The fourth-order valence-electron chi connectivity index (χ4n) is 4.36. The highest BCUT2D eigenvalue weighted by Gasteiger charge is 2.38. The SMILES string of the molecule is O=C(Nc1cccc(Cl)c1)N(CC(=O)N1CCc2sccc2C1COc1cccc(F)c1)C1CC1. The second-order valence-corrected chi connectivity index (χ2v) is 10.2. The number of amides is 3. The van der Waals surface area contributed by atoms with Crippen molar-refractivity contribution in [1.29, 1.82) is 0 Å². The second-order valence-electron chi connectivity index (χ2n) is 8.72. The summed E-state index contributed by atoms with van der Waals surface area (Å²) in [6.07, 6.45) is 2.50. The summed E-state index contributed by atoms with van der Waals surface area (Å²) in [5.74, 6) is -0.0933. The van der Waals surface area contributed by atoms with E-state index in [0.717, 1.165) is 24.8 Å². The first-order chi connectivity index (χ1) is 17.0. The summed E-state index contributed by atoms with van der Waals surface area (Å²) in [5, 5.41) is 5.40. The molecule has 1 saturated carbocycles. The molecule has 0 spiro atoms.